The molecule has 0 spiro atoms. The summed E-state index contributed by atoms with van der Waals surface area (Å²) in [6.45, 7) is 4.03. The highest BCUT2D eigenvalue weighted by molar-refractivity contribution is 8.00. The topological polar surface area (TPSA) is 112 Å². The van der Waals surface area contributed by atoms with E-state index in [1.165, 1.54) is 0 Å². The van der Waals surface area contributed by atoms with E-state index >= 15 is 0 Å². The van der Waals surface area contributed by atoms with Crippen LogP contribution in [0.2, 0.25) is 0 Å². The molecule has 0 aliphatic carbocycles. The maximum absolute atomic E-state index is 11.9. The predicted molar refractivity (Wildman–Crippen MR) is 93.1 cm³/mol. The summed E-state index contributed by atoms with van der Waals surface area (Å²) >= 11 is 1.90. The van der Waals surface area contributed by atoms with E-state index in [0.717, 1.165) is 30.8 Å². The van der Waals surface area contributed by atoms with Crippen molar-refractivity contribution in [2.24, 2.45) is 0 Å². The number of anilines is 1. The van der Waals surface area contributed by atoms with Gasteiger partial charge in [0.2, 0.25) is 11.9 Å². The number of nitrogens with zero attached hydrogens (tertiary/aromatic N) is 2. The van der Waals surface area contributed by atoms with Crippen LogP contribution in [0.15, 0.2) is 0 Å². The van der Waals surface area contributed by atoms with Gasteiger partial charge in [0.15, 0.2) is 0 Å². The zero-order valence-corrected chi connectivity index (χ0v) is 14.8. The number of unbranched alkanes of at least 4 members (excludes halogenated alkanes) is 1. The summed E-state index contributed by atoms with van der Waals surface area (Å²) in [6.07, 6.45) is 3.26. The number of H-pyrrole nitrogens is 1. The van der Waals surface area contributed by atoms with Gasteiger partial charge in [0.1, 0.15) is 5.82 Å². The molecule has 2 saturated heterocycles. The molecular formula is C15H24N6O2S. The van der Waals surface area contributed by atoms with Gasteiger partial charge in [0, 0.05) is 23.3 Å². The molecule has 2 aliphatic heterocycles. The average molecular weight is 352 g/mol. The summed E-state index contributed by atoms with van der Waals surface area (Å²) in [5, 5.41) is 15.9. The predicted octanol–water partition coefficient (Wildman–Crippen LogP) is 1.59. The molecule has 3 heterocycles. The number of amides is 3. The van der Waals surface area contributed by atoms with Crippen LogP contribution >= 0.6 is 11.8 Å². The van der Waals surface area contributed by atoms with Crippen molar-refractivity contribution in [1.29, 1.82) is 0 Å². The van der Waals surface area contributed by atoms with Crippen molar-refractivity contribution < 1.29 is 9.59 Å². The van der Waals surface area contributed by atoms with E-state index in [4.69, 9.17) is 0 Å². The van der Waals surface area contributed by atoms with Gasteiger partial charge in [-0.15, -0.1) is 5.10 Å². The van der Waals surface area contributed by atoms with Crippen molar-refractivity contribution in [2.75, 3.05) is 11.1 Å². The summed E-state index contributed by atoms with van der Waals surface area (Å²) in [6, 6.07) is 0.442. The lowest BCUT2D eigenvalue weighted by molar-refractivity contribution is -0.116. The van der Waals surface area contributed by atoms with E-state index < -0.39 is 0 Å². The lowest BCUT2D eigenvalue weighted by atomic mass is 10.0. The van der Waals surface area contributed by atoms with Gasteiger partial charge in [-0.05, 0) is 12.8 Å². The van der Waals surface area contributed by atoms with Gasteiger partial charge < -0.3 is 10.6 Å². The Bertz CT molecular complexity index is 605. The molecule has 0 radical (unpaired) electrons. The third-order valence-electron chi connectivity index (χ3n) is 4.38. The van der Waals surface area contributed by atoms with Gasteiger partial charge in [0.05, 0.1) is 12.1 Å². The Morgan fingerprint density at radius 2 is 2.21 bits per heavy atom. The van der Waals surface area contributed by atoms with Gasteiger partial charge >= 0.3 is 6.03 Å². The van der Waals surface area contributed by atoms with Gasteiger partial charge in [-0.25, -0.2) is 4.79 Å². The van der Waals surface area contributed by atoms with Crippen LogP contribution < -0.4 is 16.0 Å². The monoisotopic (exact) mass is 352 g/mol. The maximum Gasteiger partial charge on any atom is 0.315 e. The van der Waals surface area contributed by atoms with E-state index in [1.54, 1.807) is 0 Å². The third-order valence-corrected chi connectivity index (χ3v) is 5.89. The molecule has 0 unspecified atom stereocenters. The van der Waals surface area contributed by atoms with Crippen LogP contribution in [0.4, 0.5) is 10.7 Å². The average Bonchev–Trinajstić information content (AvgIpc) is 3.20. The maximum atomic E-state index is 11.9. The summed E-state index contributed by atoms with van der Waals surface area (Å²) in [5.41, 5.74) is 0. The van der Waals surface area contributed by atoms with Gasteiger partial charge in [-0.3, -0.25) is 15.2 Å². The molecule has 1 aromatic heterocycles. The fraction of sp³-hybridized carbons (Fsp3) is 0.733. The first kappa shape index (κ1) is 17.1. The minimum Gasteiger partial charge on any atom is -0.332 e. The Kier molecular flexibility index (Phi) is 5.27. The first-order valence-electron chi connectivity index (χ1n) is 8.43. The molecule has 8 nitrogen and oxygen atoms in total. The first-order chi connectivity index (χ1) is 11.5. The smallest absolute Gasteiger partial charge is 0.315 e. The summed E-state index contributed by atoms with van der Waals surface area (Å²) < 4.78 is 0. The van der Waals surface area contributed by atoms with Crippen LogP contribution in [-0.2, 0) is 4.79 Å². The zero-order valence-electron chi connectivity index (χ0n) is 14.0. The second kappa shape index (κ2) is 7.42. The summed E-state index contributed by atoms with van der Waals surface area (Å²) in [4.78, 5) is 27.5. The fourth-order valence-electron chi connectivity index (χ4n) is 3.05. The van der Waals surface area contributed by atoms with Crippen molar-refractivity contribution in [3.63, 3.8) is 0 Å². The number of hydrogen-bond acceptors (Lipinski definition) is 5. The molecule has 0 bridgehead atoms. The Balaban J connectivity index is 1.34. The van der Waals surface area contributed by atoms with E-state index in [2.05, 4.69) is 31.1 Å². The third kappa shape index (κ3) is 4.00. The Morgan fingerprint density at radius 1 is 1.38 bits per heavy atom. The molecule has 4 N–H and O–H groups in total. The Morgan fingerprint density at radius 3 is 2.96 bits per heavy atom. The largest absolute Gasteiger partial charge is 0.332 e. The number of thioether (sulfide) groups is 1. The minimum absolute atomic E-state index is 0.0538. The van der Waals surface area contributed by atoms with Gasteiger partial charge in [-0.1, -0.05) is 20.3 Å². The SMILES string of the molecule is CC(C)c1nc(NC(=O)CCCC[C@@H]2SC[C@@H]3NC(=O)N[C@H]32)n[nH]1. The molecule has 132 valence electrons. The van der Waals surface area contributed by atoms with Gasteiger partial charge in [0.25, 0.3) is 0 Å². The molecule has 0 saturated carbocycles. The lowest BCUT2D eigenvalue weighted by Gasteiger charge is -2.16. The molecule has 2 fully saturated rings. The van der Waals surface area contributed by atoms with E-state index in [1.807, 2.05) is 25.6 Å². The number of fused-ring (bicyclic) bond motifs is 1. The van der Waals surface area contributed by atoms with Crippen LogP contribution in [0, 0.1) is 0 Å². The number of carbonyl (C=O) groups excluding carboxylic acids is 2. The molecule has 3 atom stereocenters. The quantitative estimate of drug-likeness (QED) is 0.440. The molecule has 1 aromatic rings. The van der Waals surface area contributed by atoms with Crippen LogP contribution in [0.5, 0.6) is 0 Å². The highest BCUT2D eigenvalue weighted by Gasteiger charge is 2.42. The number of aromatic amines is 1. The lowest BCUT2D eigenvalue weighted by Crippen LogP contribution is -2.36. The standard InChI is InChI=1S/C15H24N6O2S/c1-8(2)13-19-14(21-20-13)17-11(22)6-4-3-5-10-12-9(7-24-10)16-15(23)18-12/h8-10,12H,3-7H2,1-2H3,(H2,16,18,23)(H2,17,19,20,21,22)/t9-,10-,12+/m0/s1. The molecule has 0 aromatic carbocycles. The van der Waals surface area contributed by atoms with Crippen molar-refractivity contribution in [3.05, 3.63) is 5.82 Å². The van der Waals surface area contributed by atoms with Crippen LogP contribution in [0.3, 0.4) is 0 Å². The number of urea groups is 1. The first-order valence-corrected chi connectivity index (χ1v) is 9.48. The van der Waals surface area contributed by atoms with E-state index in [0.29, 0.717) is 17.6 Å². The van der Waals surface area contributed by atoms with E-state index in [9.17, 15) is 9.59 Å². The fourth-order valence-corrected chi connectivity index (χ4v) is 4.59. The van der Waals surface area contributed by atoms with Gasteiger partial charge in [-0.2, -0.15) is 16.7 Å². The highest BCUT2D eigenvalue weighted by atomic mass is 32.2. The van der Waals surface area contributed by atoms with Crippen molar-refractivity contribution in [1.82, 2.24) is 25.8 Å². The normalized spacial score (nSPS) is 25.5. The van der Waals surface area contributed by atoms with Crippen molar-refractivity contribution in [2.45, 2.75) is 62.8 Å². The summed E-state index contributed by atoms with van der Waals surface area (Å²) in [7, 11) is 0. The van der Waals surface area contributed by atoms with Crippen LogP contribution in [-0.4, -0.2) is 50.2 Å². The molecule has 24 heavy (non-hydrogen) atoms. The number of nitrogens with one attached hydrogen (secondary N) is 4. The molecule has 3 rings (SSSR count). The number of aromatic nitrogens is 3. The molecule has 2 aliphatic rings. The van der Waals surface area contributed by atoms with Crippen LogP contribution in [0.1, 0.15) is 51.3 Å². The second-order valence-electron chi connectivity index (χ2n) is 6.61. The number of carbonyl (C=O) groups is 2. The Labute approximate surface area is 145 Å². The second-order valence-corrected chi connectivity index (χ2v) is 7.89. The zero-order chi connectivity index (χ0) is 17.1. The molecule has 9 heteroatoms. The van der Waals surface area contributed by atoms with E-state index in [-0.39, 0.29) is 29.9 Å². The minimum atomic E-state index is -0.0582. The van der Waals surface area contributed by atoms with Crippen LogP contribution in [0.25, 0.3) is 0 Å². The van der Waals surface area contributed by atoms with Crippen molar-refractivity contribution in [3.8, 4) is 0 Å². The number of rotatable bonds is 7. The highest BCUT2D eigenvalue weighted by Crippen LogP contribution is 2.33. The number of hydrogen-bond donors (Lipinski definition) is 4. The Hall–Kier alpha value is -1.77. The summed E-state index contributed by atoms with van der Waals surface area (Å²) in [5.74, 6) is 2.28. The molecular weight excluding hydrogens is 328 g/mol. The molecule has 3 amide bonds. The van der Waals surface area contributed by atoms with Crippen molar-refractivity contribution >= 4 is 29.6 Å².